The number of pyridine rings is 4. The molecule has 0 atom stereocenters. The predicted molar refractivity (Wildman–Crippen MR) is 90.5 cm³/mol. The molecular formula is C20H16N4+2. The highest BCUT2D eigenvalue weighted by molar-refractivity contribution is 5.61. The van der Waals surface area contributed by atoms with Crippen molar-refractivity contribution in [2.24, 2.45) is 0 Å². The van der Waals surface area contributed by atoms with E-state index in [1.165, 1.54) is 0 Å². The second-order valence-corrected chi connectivity index (χ2v) is 5.36. The van der Waals surface area contributed by atoms with Crippen LogP contribution >= 0.6 is 0 Å². The standard InChI is InChI=1S/C20H16N4/c1-3-11-21-19(5-1)23-13-7-17(8-14-23)18-9-15-24(16-10-18)20-6-2-4-12-22-20/h1-16H/q+2. The smallest absolute Gasteiger partial charge is 0.203 e. The van der Waals surface area contributed by atoms with Gasteiger partial charge >= 0.3 is 11.6 Å². The summed E-state index contributed by atoms with van der Waals surface area (Å²) in [5.41, 5.74) is 2.32. The number of nitrogens with zero attached hydrogens (tertiary/aromatic N) is 4. The van der Waals surface area contributed by atoms with Gasteiger partial charge in [-0.2, -0.15) is 0 Å². The molecule has 4 rings (SSSR count). The maximum absolute atomic E-state index is 4.35. The summed E-state index contributed by atoms with van der Waals surface area (Å²) in [5.74, 6) is 1.82. The molecule has 24 heavy (non-hydrogen) atoms. The molecule has 114 valence electrons. The van der Waals surface area contributed by atoms with Crippen molar-refractivity contribution in [3.63, 3.8) is 0 Å². The van der Waals surface area contributed by atoms with Crippen LogP contribution in [0.1, 0.15) is 0 Å². The zero-order valence-electron chi connectivity index (χ0n) is 13.0. The highest BCUT2D eigenvalue weighted by Crippen LogP contribution is 2.16. The number of hydrogen-bond acceptors (Lipinski definition) is 2. The van der Waals surface area contributed by atoms with Crippen molar-refractivity contribution in [3.05, 3.63) is 97.8 Å². The van der Waals surface area contributed by atoms with E-state index < -0.39 is 0 Å². The normalized spacial score (nSPS) is 10.5. The van der Waals surface area contributed by atoms with Crippen LogP contribution in [-0.4, -0.2) is 9.97 Å². The predicted octanol–water partition coefficient (Wildman–Crippen LogP) is 2.70. The van der Waals surface area contributed by atoms with Crippen LogP contribution < -0.4 is 9.13 Å². The summed E-state index contributed by atoms with van der Waals surface area (Å²) in [7, 11) is 0. The van der Waals surface area contributed by atoms with E-state index in [0.29, 0.717) is 0 Å². The first-order chi connectivity index (χ1) is 11.9. The molecule has 0 amide bonds. The summed E-state index contributed by atoms with van der Waals surface area (Å²) in [6, 6.07) is 20.1. The topological polar surface area (TPSA) is 33.5 Å². The van der Waals surface area contributed by atoms with E-state index >= 15 is 0 Å². The van der Waals surface area contributed by atoms with Crippen molar-refractivity contribution in [1.82, 2.24) is 9.97 Å². The first kappa shape index (κ1) is 14.2. The third kappa shape index (κ3) is 2.90. The Balaban J connectivity index is 1.60. The molecular weight excluding hydrogens is 296 g/mol. The Bertz CT molecular complexity index is 838. The number of rotatable bonds is 3. The van der Waals surface area contributed by atoms with E-state index in [1.807, 2.05) is 70.3 Å². The van der Waals surface area contributed by atoms with Crippen LogP contribution in [0.25, 0.3) is 22.8 Å². The minimum absolute atomic E-state index is 0.908. The van der Waals surface area contributed by atoms with Crippen LogP contribution in [0.2, 0.25) is 0 Å². The van der Waals surface area contributed by atoms with Gasteiger partial charge in [0, 0.05) is 12.1 Å². The first-order valence-electron chi connectivity index (χ1n) is 7.76. The molecule has 4 nitrogen and oxygen atoms in total. The number of aromatic nitrogens is 4. The van der Waals surface area contributed by atoms with Gasteiger partial charge in [-0.25, -0.2) is 9.13 Å². The van der Waals surface area contributed by atoms with E-state index in [2.05, 4.69) is 34.2 Å². The van der Waals surface area contributed by atoms with Crippen LogP contribution in [0.15, 0.2) is 97.8 Å². The summed E-state index contributed by atoms with van der Waals surface area (Å²) in [6.07, 6.45) is 11.7. The Kier molecular flexibility index (Phi) is 3.78. The molecule has 0 radical (unpaired) electrons. The summed E-state index contributed by atoms with van der Waals surface area (Å²) in [6.45, 7) is 0. The van der Waals surface area contributed by atoms with Crippen LogP contribution in [0.3, 0.4) is 0 Å². The van der Waals surface area contributed by atoms with E-state index in [-0.39, 0.29) is 0 Å². The van der Waals surface area contributed by atoms with Gasteiger partial charge < -0.3 is 0 Å². The molecule has 0 aliphatic heterocycles. The third-order valence-corrected chi connectivity index (χ3v) is 3.82. The maximum atomic E-state index is 4.35. The molecule has 0 N–H and O–H groups in total. The zero-order chi connectivity index (χ0) is 16.2. The minimum Gasteiger partial charge on any atom is -0.203 e. The van der Waals surface area contributed by atoms with Gasteiger partial charge in [-0.15, -0.1) is 0 Å². The second-order valence-electron chi connectivity index (χ2n) is 5.36. The molecule has 0 saturated heterocycles. The minimum atomic E-state index is 0.908. The summed E-state index contributed by atoms with van der Waals surface area (Å²) >= 11 is 0. The van der Waals surface area contributed by atoms with E-state index in [1.54, 1.807) is 12.4 Å². The lowest BCUT2D eigenvalue weighted by Gasteiger charge is -2.02. The molecule has 4 heteroatoms. The van der Waals surface area contributed by atoms with Gasteiger partial charge in [-0.3, -0.25) is 0 Å². The molecule has 0 saturated carbocycles. The molecule has 0 aromatic carbocycles. The van der Waals surface area contributed by atoms with Crippen molar-refractivity contribution >= 4 is 0 Å². The highest BCUT2D eigenvalue weighted by Gasteiger charge is 2.08. The van der Waals surface area contributed by atoms with Gasteiger partial charge in [0.15, 0.2) is 0 Å². The Morgan fingerprint density at radius 3 is 1.25 bits per heavy atom. The average Bonchev–Trinajstić information content (AvgIpc) is 2.70. The Morgan fingerprint density at radius 1 is 0.500 bits per heavy atom. The molecule has 4 aromatic heterocycles. The molecule has 0 spiro atoms. The van der Waals surface area contributed by atoms with E-state index in [9.17, 15) is 0 Å². The fraction of sp³-hybridized carbons (Fsp3) is 0. The monoisotopic (exact) mass is 312 g/mol. The van der Waals surface area contributed by atoms with Crippen molar-refractivity contribution in [2.45, 2.75) is 0 Å². The fourth-order valence-electron chi connectivity index (χ4n) is 2.56. The zero-order valence-corrected chi connectivity index (χ0v) is 13.0. The lowest BCUT2D eigenvalue weighted by atomic mass is 10.1. The number of hydrogen-bond donors (Lipinski definition) is 0. The molecule has 4 aromatic rings. The molecule has 0 aliphatic rings. The van der Waals surface area contributed by atoms with Crippen LogP contribution in [0.5, 0.6) is 0 Å². The lowest BCUT2D eigenvalue weighted by Crippen LogP contribution is -2.31. The van der Waals surface area contributed by atoms with Crippen LogP contribution in [0, 0.1) is 0 Å². The summed E-state index contributed by atoms with van der Waals surface area (Å²) < 4.78 is 4.00. The Labute approximate surface area is 140 Å². The first-order valence-corrected chi connectivity index (χ1v) is 7.76. The molecule has 0 aliphatic carbocycles. The average molecular weight is 312 g/mol. The van der Waals surface area contributed by atoms with E-state index in [0.717, 1.165) is 22.8 Å². The third-order valence-electron chi connectivity index (χ3n) is 3.82. The quantitative estimate of drug-likeness (QED) is 0.545. The highest BCUT2D eigenvalue weighted by atomic mass is 15.0. The van der Waals surface area contributed by atoms with Crippen LogP contribution in [-0.2, 0) is 0 Å². The van der Waals surface area contributed by atoms with E-state index in [4.69, 9.17) is 0 Å². The SMILES string of the molecule is c1ccc(-[n+]2ccc(-c3cc[n+](-c4ccccn4)cc3)cc2)nc1. The largest absolute Gasteiger partial charge is 0.327 e. The van der Waals surface area contributed by atoms with Gasteiger partial charge in [0.25, 0.3) is 0 Å². The molecule has 0 bridgehead atoms. The van der Waals surface area contributed by atoms with Crippen LogP contribution in [0.4, 0.5) is 0 Å². The second kappa shape index (κ2) is 6.38. The fourth-order valence-corrected chi connectivity index (χ4v) is 2.56. The molecule has 0 fully saturated rings. The Morgan fingerprint density at radius 2 is 0.917 bits per heavy atom. The maximum Gasteiger partial charge on any atom is 0.327 e. The van der Waals surface area contributed by atoms with Gasteiger partial charge in [0.05, 0.1) is 24.8 Å². The summed E-state index contributed by atoms with van der Waals surface area (Å²) in [4.78, 5) is 8.70. The van der Waals surface area contributed by atoms with Gasteiger partial charge in [-0.05, 0) is 57.5 Å². The summed E-state index contributed by atoms with van der Waals surface area (Å²) in [5, 5.41) is 0. The van der Waals surface area contributed by atoms with Gasteiger partial charge in [0.1, 0.15) is 12.4 Å². The van der Waals surface area contributed by atoms with Gasteiger partial charge in [-0.1, -0.05) is 12.1 Å². The van der Waals surface area contributed by atoms with Crippen molar-refractivity contribution in [1.29, 1.82) is 0 Å². The Hall–Kier alpha value is -3.40. The van der Waals surface area contributed by atoms with Crippen molar-refractivity contribution in [2.75, 3.05) is 0 Å². The molecule has 4 heterocycles. The van der Waals surface area contributed by atoms with Crippen molar-refractivity contribution in [3.8, 4) is 22.8 Å². The molecule has 0 unspecified atom stereocenters. The van der Waals surface area contributed by atoms with Gasteiger partial charge in [0.2, 0.25) is 0 Å². The lowest BCUT2D eigenvalue weighted by molar-refractivity contribution is -0.600. The van der Waals surface area contributed by atoms with Crippen molar-refractivity contribution < 1.29 is 9.13 Å².